The average molecular weight is 299 g/mol. The molecule has 0 amide bonds. The fraction of sp³-hybridized carbons (Fsp3) is 0.647. The first-order chi connectivity index (χ1) is 10.0. The smallest absolute Gasteiger partial charge is 0.250 e. The van der Waals surface area contributed by atoms with Crippen molar-refractivity contribution in [3.63, 3.8) is 0 Å². The first kappa shape index (κ1) is 17.9. The van der Waals surface area contributed by atoms with Crippen LogP contribution >= 0.6 is 0 Å². The third kappa shape index (κ3) is 5.27. The number of rotatable bonds is 4. The van der Waals surface area contributed by atoms with Crippen LogP contribution in [0.5, 0.6) is 5.75 Å². The van der Waals surface area contributed by atoms with Crippen molar-refractivity contribution in [1.82, 2.24) is 4.90 Å². The summed E-state index contributed by atoms with van der Waals surface area (Å²) in [5, 5.41) is 0. The second-order valence-electron chi connectivity index (χ2n) is 5.19. The molecule has 1 aliphatic rings. The second-order valence-corrected chi connectivity index (χ2v) is 5.19. The van der Waals surface area contributed by atoms with Gasteiger partial charge < -0.3 is 9.64 Å². The highest BCUT2D eigenvalue weighted by molar-refractivity contribution is 5.39. The van der Waals surface area contributed by atoms with Gasteiger partial charge in [0.15, 0.2) is 0 Å². The van der Waals surface area contributed by atoms with Crippen LogP contribution in [0.25, 0.3) is 0 Å². The van der Waals surface area contributed by atoms with Gasteiger partial charge in [0.25, 0.3) is 5.92 Å². The number of ether oxygens (including phenoxy) is 1. The zero-order chi connectivity index (χ0) is 15.9. The van der Waals surface area contributed by atoms with Crippen molar-refractivity contribution in [3.05, 3.63) is 29.3 Å². The van der Waals surface area contributed by atoms with Crippen LogP contribution in [0, 0.1) is 6.92 Å². The number of benzene rings is 1. The molecular weight excluding hydrogens is 272 g/mol. The van der Waals surface area contributed by atoms with E-state index in [1.807, 2.05) is 32.9 Å². The molecule has 0 spiro atoms. The van der Waals surface area contributed by atoms with E-state index in [2.05, 4.69) is 11.0 Å². The van der Waals surface area contributed by atoms with Gasteiger partial charge in [0.1, 0.15) is 5.75 Å². The molecule has 0 aromatic heterocycles. The lowest BCUT2D eigenvalue weighted by Gasteiger charge is -2.31. The Hall–Kier alpha value is -1.16. The van der Waals surface area contributed by atoms with E-state index in [9.17, 15) is 8.78 Å². The van der Waals surface area contributed by atoms with Gasteiger partial charge in [-0.25, -0.2) is 8.78 Å². The molecular formula is C17H27F2NO. The van der Waals surface area contributed by atoms with Crippen LogP contribution in [-0.2, 0) is 6.42 Å². The van der Waals surface area contributed by atoms with E-state index >= 15 is 0 Å². The maximum atomic E-state index is 13.1. The molecule has 1 heterocycles. The van der Waals surface area contributed by atoms with Crippen LogP contribution in [0.15, 0.2) is 18.2 Å². The normalized spacial score (nSPS) is 17.8. The molecule has 1 aliphatic heterocycles. The molecule has 0 atom stereocenters. The number of halogens is 2. The number of nitrogens with zero attached hydrogens (tertiary/aromatic N) is 1. The third-order valence-electron chi connectivity index (χ3n) is 3.90. The van der Waals surface area contributed by atoms with E-state index in [1.165, 1.54) is 5.56 Å². The SMILES string of the molecule is CC.COc1cccc(CCN2CCC(F)(F)CC2)c1C. The number of methoxy groups -OCH3 is 1. The maximum Gasteiger partial charge on any atom is 0.250 e. The lowest BCUT2D eigenvalue weighted by Crippen LogP contribution is -2.40. The maximum absolute atomic E-state index is 13.1. The largest absolute Gasteiger partial charge is 0.496 e. The van der Waals surface area contributed by atoms with Crippen molar-refractivity contribution < 1.29 is 13.5 Å². The van der Waals surface area contributed by atoms with Crippen molar-refractivity contribution in [2.75, 3.05) is 26.7 Å². The molecule has 1 saturated heterocycles. The zero-order valence-electron chi connectivity index (χ0n) is 13.6. The molecule has 4 heteroatoms. The number of piperidine rings is 1. The molecule has 0 N–H and O–H groups in total. The van der Waals surface area contributed by atoms with Crippen LogP contribution in [-0.4, -0.2) is 37.6 Å². The van der Waals surface area contributed by atoms with E-state index in [4.69, 9.17) is 4.74 Å². The Morgan fingerprint density at radius 1 is 1.19 bits per heavy atom. The first-order valence-corrected chi connectivity index (χ1v) is 7.74. The van der Waals surface area contributed by atoms with Gasteiger partial charge in [-0.1, -0.05) is 26.0 Å². The fourth-order valence-corrected chi connectivity index (χ4v) is 2.53. The molecule has 0 bridgehead atoms. The Morgan fingerprint density at radius 3 is 2.38 bits per heavy atom. The minimum Gasteiger partial charge on any atom is -0.496 e. The molecule has 1 aromatic carbocycles. The third-order valence-corrected chi connectivity index (χ3v) is 3.90. The van der Waals surface area contributed by atoms with Gasteiger partial charge in [-0.3, -0.25) is 0 Å². The minimum atomic E-state index is -2.46. The molecule has 21 heavy (non-hydrogen) atoms. The summed E-state index contributed by atoms with van der Waals surface area (Å²) in [5.41, 5.74) is 2.38. The van der Waals surface area contributed by atoms with Crippen LogP contribution in [0.4, 0.5) is 8.78 Å². The molecule has 1 fully saturated rings. The van der Waals surface area contributed by atoms with Crippen molar-refractivity contribution in [2.24, 2.45) is 0 Å². The van der Waals surface area contributed by atoms with Crippen LogP contribution in [0.2, 0.25) is 0 Å². The van der Waals surface area contributed by atoms with Gasteiger partial charge in [-0.15, -0.1) is 0 Å². The lowest BCUT2D eigenvalue weighted by atomic mass is 10.0. The molecule has 0 radical (unpaired) electrons. The molecule has 120 valence electrons. The van der Waals surface area contributed by atoms with E-state index < -0.39 is 5.92 Å². The number of likely N-dealkylation sites (tertiary alicyclic amines) is 1. The van der Waals surface area contributed by atoms with Crippen molar-refractivity contribution in [2.45, 2.75) is 46.0 Å². The summed E-state index contributed by atoms with van der Waals surface area (Å²) in [6.07, 6.45) is 0.864. The monoisotopic (exact) mass is 299 g/mol. The van der Waals surface area contributed by atoms with E-state index in [1.54, 1.807) is 7.11 Å². The quantitative estimate of drug-likeness (QED) is 0.821. The molecule has 0 unspecified atom stereocenters. The number of alkyl halides is 2. The van der Waals surface area contributed by atoms with Gasteiger partial charge in [-0.2, -0.15) is 0 Å². The Balaban J connectivity index is 0.00000106. The lowest BCUT2D eigenvalue weighted by molar-refractivity contribution is -0.0548. The highest BCUT2D eigenvalue weighted by atomic mass is 19.3. The molecule has 0 saturated carbocycles. The highest BCUT2D eigenvalue weighted by Crippen LogP contribution is 2.28. The molecule has 0 aliphatic carbocycles. The average Bonchev–Trinajstić information content (AvgIpc) is 2.49. The topological polar surface area (TPSA) is 12.5 Å². The van der Waals surface area contributed by atoms with E-state index in [0.29, 0.717) is 13.1 Å². The Morgan fingerprint density at radius 2 is 1.81 bits per heavy atom. The second kappa shape index (κ2) is 8.32. The summed E-state index contributed by atoms with van der Waals surface area (Å²) in [7, 11) is 1.67. The van der Waals surface area contributed by atoms with Gasteiger partial charge in [0, 0.05) is 32.5 Å². The van der Waals surface area contributed by atoms with Crippen LogP contribution in [0.3, 0.4) is 0 Å². The van der Waals surface area contributed by atoms with Crippen molar-refractivity contribution in [1.29, 1.82) is 0 Å². The molecule has 1 aromatic rings. The predicted octanol–water partition coefficient (Wildman–Crippen LogP) is 4.30. The summed E-state index contributed by atoms with van der Waals surface area (Å²) in [6.45, 7) is 7.87. The van der Waals surface area contributed by atoms with Crippen LogP contribution < -0.4 is 4.74 Å². The zero-order valence-corrected chi connectivity index (χ0v) is 13.6. The molecule has 2 rings (SSSR count). The van der Waals surface area contributed by atoms with Crippen LogP contribution in [0.1, 0.15) is 37.8 Å². The van der Waals surface area contributed by atoms with Gasteiger partial charge >= 0.3 is 0 Å². The van der Waals surface area contributed by atoms with E-state index in [-0.39, 0.29) is 12.8 Å². The summed E-state index contributed by atoms with van der Waals surface area (Å²) in [5.74, 6) is -1.56. The Bertz CT molecular complexity index is 425. The highest BCUT2D eigenvalue weighted by Gasteiger charge is 2.33. The fourth-order valence-electron chi connectivity index (χ4n) is 2.53. The number of hydrogen-bond donors (Lipinski definition) is 0. The van der Waals surface area contributed by atoms with Gasteiger partial charge in [0.05, 0.1) is 7.11 Å². The Kier molecular flexibility index (Phi) is 7.09. The summed E-state index contributed by atoms with van der Waals surface area (Å²) in [4.78, 5) is 2.12. The summed E-state index contributed by atoms with van der Waals surface area (Å²) < 4.78 is 31.4. The predicted molar refractivity (Wildman–Crippen MR) is 83.4 cm³/mol. The van der Waals surface area contributed by atoms with Gasteiger partial charge in [-0.05, 0) is 30.5 Å². The van der Waals surface area contributed by atoms with Crippen molar-refractivity contribution >= 4 is 0 Å². The first-order valence-electron chi connectivity index (χ1n) is 7.74. The van der Waals surface area contributed by atoms with Crippen molar-refractivity contribution in [3.8, 4) is 5.75 Å². The van der Waals surface area contributed by atoms with Gasteiger partial charge in [0.2, 0.25) is 0 Å². The Labute approximate surface area is 127 Å². The standard InChI is InChI=1S/C15H21F2NO.C2H6/c1-12-13(4-3-5-14(12)19-2)6-9-18-10-7-15(16,17)8-11-18;1-2/h3-5H,6-11H2,1-2H3;1-2H3. The molecule has 2 nitrogen and oxygen atoms in total. The van der Waals surface area contributed by atoms with E-state index in [0.717, 1.165) is 24.3 Å². The number of hydrogen-bond acceptors (Lipinski definition) is 2. The summed E-state index contributed by atoms with van der Waals surface area (Å²) >= 11 is 0. The summed E-state index contributed by atoms with van der Waals surface area (Å²) in [6, 6.07) is 6.00. The minimum absolute atomic E-state index is 0.00983.